The Labute approximate surface area is 240 Å². The van der Waals surface area contributed by atoms with E-state index in [1.807, 2.05) is 17.5 Å². The zero-order chi connectivity index (χ0) is 27.5. The van der Waals surface area contributed by atoms with Gasteiger partial charge in [0.1, 0.15) is 23.8 Å². The second kappa shape index (κ2) is 11.7. The molecule has 2 aromatic heterocycles. The molecule has 0 radical (unpaired) electrons. The summed E-state index contributed by atoms with van der Waals surface area (Å²) in [6.07, 6.45) is 2.26. The fourth-order valence-electron chi connectivity index (χ4n) is 4.80. The molecule has 0 unspecified atom stereocenters. The standard InChI is InChI=1S/C29H26Cl2N2O5S/c1-36-21-12-18(13-22(15-21)37-2)29(35)32(16-20-4-3-10-38-20)17-27(34)33-9-7-26-24(8-11-39-26)28(33)23-6-5-19(30)14-25(23)31/h3-6,8,10-15,28H,7,9,16-17H2,1-2H3/t28-/m0/s1. The molecule has 0 aliphatic carbocycles. The van der Waals surface area contributed by atoms with Crippen LogP contribution in [0.3, 0.4) is 0 Å². The quantitative estimate of drug-likeness (QED) is 0.237. The van der Waals surface area contributed by atoms with E-state index in [0.717, 1.165) is 17.5 Å². The monoisotopic (exact) mass is 584 g/mol. The second-order valence-electron chi connectivity index (χ2n) is 9.05. The molecule has 39 heavy (non-hydrogen) atoms. The lowest BCUT2D eigenvalue weighted by Crippen LogP contribution is -2.46. The maximum Gasteiger partial charge on any atom is 0.255 e. The van der Waals surface area contributed by atoms with Crippen molar-refractivity contribution in [3.05, 3.63) is 104 Å². The lowest BCUT2D eigenvalue weighted by Gasteiger charge is -2.38. The molecule has 1 atom stereocenters. The molecule has 1 aliphatic heterocycles. The van der Waals surface area contributed by atoms with Gasteiger partial charge in [0.2, 0.25) is 5.91 Å². The number of halogens is 2. The molecule has 0 saturated carbocycles. The molecule has 0 bridgehead atoms. The third kappa shape index (κ3) is 5.78. The van der Waals surface area contributed by atoms with Crippen LogP contribution in [0, 0.1) is 0 Å². The highest BCUT2D eigenvalue weighted by molar-refractivity contribution is 7.10. The summed E-state index contributed by atoms with van der Waals surface area (Å²) in [7, 11) is 3.04. The van der Waals surface area contributed by atoms with Crippen molar-refractivity contribution >= 4 is 46.4 Å². The molecule has 4 aromatic rings. The molecule has 10 heteroatoms. The SMILES string of the molecule is COc1cc(OC)cc(C(=O)N(CC(=O)N2CCc3sccc3[C@@H]2c2ccc(Cl)cc2Cl)Cc2ccco2)c1. The Morgan fingerprint density at radius 3 is 2.49 bits per heavy atom. The van der Waals surface area contributed by atoms with Gasteiger partial charge in [0.15, 0.2) is 0 Å². The number of nitrogens with zero attached hydrogens (tertiary/aromatic N) is 2. The van der Waals surface area contributed by atoms with Crippen molar-refractivity contribution in [1.29, 1.82) is 0 Å². The Morgan fingerprint density at radius 2 is 1.82 bits per heavy atom. The van der Waals surface area contributed by atoms with Gasteiger partial charge in [0.25, 0.3) is 5.91 Å². The number of hydrogen-bond donors (Lipinski definition) is 0. The van der Waals surface area contributed by atoms with Crippen LogP contribution < -0.4 is 9.47 Å². The summed E-state index contributed by atoms with van der Waals surface area (Å²) in [6, 6.07) is 15.4. The van der Waals surface area contributed by atoms with Gasteiger partial charge in [0, 0.05) is 33.1 Å². The van der Waals surface area contributed by atoms with Crippen LogP contribution >= 0.6 is 34.5 Å². The van der Waals surface area contributed by atoms with Gasteiger partial charge < -0.3 is 23.7 Å². The number of rotatable bonds is 8. The Kier molecular flexibility index (Phi) is 8.16. The van der Waals surface area contributed by atoms with Crippen molar-refractivity contribution in [1.82, 2.24) is 9.80 Å². The second-order valence-corrected chi connectivity index (χ2v) is 10.9. The summed E-state index contributed by atoms with van der Waals surface area (Å²) in [4.78, 5) is 32.3. The minimum atomic E-state index is -0.394. The maximum absolute atomic E-state index is 14.0. The molecule has 0 saturated heterocycles. The van der Waals surface area contributed by atoms with Gasteiger partial charge in [-0.05, 0) is 65.4 Å². The summed E-state index contributed by atoms with van der Waals surface area (Å²) in [5.74, 6) is 0.937. The average Bonchev–Trinajstić information content (AvgIpc) is 3.64. The highest BCUT2D eigenvalue weighted by atomic mass is 35.5. The van der Waals surface area contributed by atoms with Crippen LogP contribution in [0.25, 0.3) is 0 Å². The zero-order valence-corrected chi connectivity index (χ0v) is 23.7. The highest BCUT2D eigenvalue weighted by Gasteiger charge is 2.35. The molecule has 7 nitrogen and oxygen atoms in total. The molecule has 2 aromatic carbocycles. The number of fused-ring (bicyclic) bond motifs is 1. The molecular formula is C29H26Cl2N2O5S. The van der Waals surface area contributed by atoms with E-state index in [1.54, 1.807) is 58.7 Å². The average molecular weight is 586 g/mol. The molecule has 202 valence electrons. The molecule has 5 rings (SSSR count). The Morgan fingerprint density at radius 1 is 1.05 bits per heavy atom. The number of ether oxygens (including phenoxy) is 2. The smallest absolute Gasteiger partial charge is 0.255 e. The van der Waals surface area contributed by atoms with Crippen LogP contribution in [0.1, 0.15) is 38.2 Å². The third-order valence-electron chi connectivity index (χ3n) is 6.68. The molecule has 0 N–H and O–H groups in total. The van der Waals surface area contributed by atoms with Crippen molar-refractivity contribution in [3.63, 3.8) is 0 Å². The van der Waals surface area contributed by atoms with Gasteiger partial charge in [-0.1, -0.05) is 29.3 Å². The highest BCUT2D eigenvalue weighted by Crippen LogP contribution is 2.41. The first-order chi connectivity index (χ1) is 18.9. The number of furan rings is 1. The van der Waals surface area contributed by atoms with E-state index in [-0.39, 0.29) is 24.9 Å². The third-order valence-corrected chi connectivity index (χ3v) is 8.24. The van der Waals surface area contributed by atoms with Crippen LogP contribution in [-0.4, -0.2) is 48.9 Å². The van der Waals surface area contributed by atoms with Crippen LogP contribution in [0.4, 0.5) is 0 Å². The molecular weight excluding hydrogens is 559 g/mol. The summed E-state index contributed by atoms with van der Waals surface area (Å²) in [5.41, 5.74) is 2.15. The number of carbonyl (C=O) groups is 2. The van der Waals surface area contributed by atoms with Crippen molar-refractivity contribution in [2.45, 2.75) is 19.0 Å². The summed E-state index contributed by atoms with van der Waals surface area (Å²) in [5, 5.41) is 3.03. The van der Waals surface area contributed by atoms with Crippen LogP contribution in [0.15, 0.2) is 70.7 Å². The van der Waals surface area contributed by atoms with Crippen LogP contribution in [0.5, 0.6) is 11.5 Å². The van der Waals surface area contributed by atoms with Crippen molar-refractivity contribution in [2.24, 2.45) is 0 Å². The topological polar surface area (TPSA) is 72.2 Å². The first kappa shape index (κ1) is 27.1. The van der Waals surface area contributed by atoms with Gasteiger partial charge in [-0.2, -0.15) is 0 Å². The predicted octanol–water partition coefficient (Wildman–Crippen LogP) is 6.48. The van der Waals surface area contributed by atoms with E-state index >= 15 is 0 Å². The van der Waals surface area contributed by atoms with Gasteiger partial charge in [-0.15, -0.1) is 11.3 Å². The van der Waals surface area contributed by atoms with Gasteiger partial charge in [0.05, 0.1) is 33.1 Å². The summed E-state index contributed by atoms with van der Waals surface area (Å²) >= 11 is 14.5. The summed E-state index contributed by atoms with van der Waals surface area (Å²) in [6.45, 7) is 0.437. The lowest BCUT2D eigenvalue weighted by molar-refractivity contribution is -0.134. The van der Waals surface area contributed by atoms with E-state index in [9.17, 15) is 9.59 Å². The zero-order valence-electron chi connectivity index (χ0n) is 21.4. The number of amides is 2. The van der Waals surface area contributed by atoms with Gasteiger partial charge in [-0.25, -0.2) is 0 Å². The van der Waals surface area contributed by atoms with E-state index < -0.39 is 6.04 Å². The fraction of sp³-hybridized carbons (Fsp3) is 0.241. The minimum absolute atomic E-state index is 0.112. The first-order valence-corrected chi connectivity index (χ1v) is 13.9. The molecule has 0 fully saturated rings. The van der Waals surface area contributed by atoms with E-state index in [4.69, 9.17) is 37.1 Å². The van der Waals surface area contributed by atoms with Crippen LogP contribution in [-0.2, 0) is 17.8 Å². The van der Waals surface area contributed by atoms with E-state index in [2.05, 4.69) is 0 Å². The normalized spacial score (nSPS) is 14.6. The maximum atomic E-state index is 14.0. The molecule has 3 heterocycles. The van der Waals surface area contributed by atoms with Crippen molar-refractivity contribution in [2.75, 3.05) is 27.3 Å². The number of carbonyl (C=O) groups excluding carboxylic acids is 2. The largest absolute Gasteiger partial charge is 0.497 e. The number of methoxy groups -OCH3 is 2. The Bertz CT molecular complexity index is 1460. The number of thiophene rings is 1. The number of benzene rings is 2. The number of hydrogen-bond acceptors (Lipinski definition) is 6. The molecule has 1 aliphatic rings. The molecule has 2 amide bonds. The Hall–Kier alpha value is -3.46. The summed E-state index contributed by atoms with van der Waals surface area (Å²) < 4.78 is 16.2. The molecule has 0 spiro atoms. The van der Waals surface area contributed by atoms with Crippen LogP contribution in [0.2, 0.25) is 10.0 Å². The van der Waals surface area contributed by atoms with Crippen molar-refractivity contribution in [3.8, 4) is 11.5 Å². The van der Waals surface area contributed by atoms with E-state index in [1.165, 1.54) is 30.3 Å². The lowest BCUT2D eigenvalue weighted by atomic mass is 9.93. The van der Waals surface area contributed by atoms with Gasteiger partial charge in [-0.3, -0.25) is 9.59 Å². The fourth-order valence-corrected chi connectivity index (χ4v) is 6.22. The van der Waals surface area contributed by atoms with E-state index in [0.29, 0.717) is 39.4 Å². The predicted molar refractivity (Wildman–Crippen MR) is 151 cm³/mol. The van der Waals surface area contributed by atoms with Crippen molar-refractivity contribution < 1.29 is 23.5 Å². The first-order valence-electron chi connectivity index (χ1n) is 12.2. The Balaban J connectivity index is 1.48. The minimum Gasteiger partial charge on any atom is -0.497 e. The van der Waals surface area contributed by atoms with Gasteiger partial charge >= 0.3 is 0 Å².